The zero-order valence-electron chi connectivity index (χ0n) is 9.39. The van der Waals surface area contributed by atoms with E-state index in [2.05, 4.69) is 0 Å². The van der Waals surface area contributed by atoms with Gasteiger partial charge in [-0.15, -0.1) is 0 Å². The van der Waals surface area contributed by atoms with Crippen LogP contribution in [0.1, 0.15) is 5.56 Å². The molecule has 0 saturated carbocycles. The number of ether oxygens (including phenoxy) is 1. The lowest BCUT2D eigenvalue weighted by molar-refractivity contribution is 0.388. The molecule has 0 aliphatic carbocycles. The van der Waals surface area contributed by atoms with E-state index in [1.807, 2.05) is 19.1 Å². The van der Waals surface area contributed by atoms with Crippen molar-refractivity contribution in [1.29, 1.82) is 0 Å². The van der Waals surface area contributed by atoms with Gasteiger partial charge in [-0.2, -0.15) is 0 Å². The molecule has 88 valence electrons. The summed E-state index contributed by atoms with van der Waals surface area (Å²) in [6.45, 7) is 1.95. The van der Waals surface area contributed by atoms with Crippen LogP contribution in [0.4, 0.5) is 0 Å². The molecule has 2 rings (SSSR count). The van der Waals surface area contributed by atoms with Crippen LogP contribution in [0.2, 0.25) is 0 Å². The highest BCUT2D eigenvalue weighted by Crippen LogP contribution is 2.14. The fourth-order valence-electron chi connectivity index (χ4n) is 1.56. The SMILES string of the molecule is Cc1ccc(=O)n(-c2ccc(OCCl)cc2)c1. The molecule has 0 unspecified atom stereocenters. The third-order valence-corrected chi connectivity index (χ3v) is 2.50. The molecule has 2 aromatic rings. The maximum Gasteiger partial charge on any atom is 0.255 e. The zero-order valence-corrected chi connectivity index (χ0v) is 10.1. The van der Waals surface area contributed by atoms with Crippen molar-refractivity contribution in [3.63, 3.8) is 0 Å². The van der Waals surface area contributed by atoms with Crippen molar-refractivity contribution in [3.8, 4) is 11.4 Å². The second-order valence-electron chi connectivity index (χ2n) is 3.66. The maximum atomic E-state index is 11.7. The van der Waals surface area contributed by atoms with Gasteiger partial charge in [0.1, 0.15) is 5.75 Å². The Morgan fingerprint density at radius 1 is 1.18 bits per heavy atom. The minimum Gasteiger partial charge on any atom is -0.478 e. The minimum atomic E-state index is -0.0541. The zero-order chi connectivity index (χ0) is 12.3. The first-order valence-electron chi connectivity index (χ1n) is 5.19. The molecule has 3 nitrogen and oxygen atoms in total. The number of hydrogen-bond acceptors (Lipinski definition) is 2. The average Bonchev–Trinajstić information content (AvgIpc) is 2.34. The number of aromatic nitrogens is 1. The normalized spacial score (nSPS) is 10.2. The molecule has 0 saturated heterocycles. The van der Waals surface area contributed by atoms with E-state index in [-0.39, 0.29) is 11.6 Å². The molecule has 0 fully saturated rings. The Balaban J connectivity index is 2.39. The molecule has 17 heavy (non-hydrogen) atoms. The number of alkyl halides is 1. The molecule has 0 bridgehead atoms. The topological polar surface area (TPSA) is 31.2 Å². The van der Waals surface area contributed by atoms with E-state index in [0.717, 1.165) is 11.3 Å². The molecule has 0 aliphatic rings. The van der Waals surface area contributed by atoms with E-state index in [1.54, 1.807) is 35.0 Å². The molecule has 1 aromatic heterocycles. The summed E-state index contributed by atoms with van der Waals surface area (Å²) < 4.78 is 6.73. The number of nitrogens with zero attached hydrogens (tertiary/aromatic N) is 1. The second kappa shape index (κ2) is 5.06. The summed E-state index contributed by atoms with van der Waals surface area (Å²) in [5.41, 5.74) is 1.79. The lowest BCUT2D eigenvalue weighted by Gasteiger charge is -2.07. The van der Waals surface area contributed by atoms with Gasteiger partial charge in [-0.1, -0.05) is 17.7 Å². The Labute approximate surface area is 104 Å². The lowest BCUT2D eigenvalue weighted by atomic mass is 10.2. The summed E-state index contributed by atoms with van der Waals surface area (Å²) in [5, 5.41) is 0. The van der Waals surface area contributed by atoms with E-state index < -0.39 is 0 Å². The standard InChI is InChI=1S/C13H12ClNO2/c1-10-2-7-13(16)15(8-10)11-3-5-12(6-4-11)17-9-14/h2-8H,9H2,1H3. The van der Waals surface area contributed by atoms with Crippen LogP contribution in [0, 0.1) is 6.92 Å². The predicted octanol–water partition coefficient (Wildman–Crippen LogP) is 2.72. The Morgan fingerprint density at radius 2 is 1.88 bits per heavy atom. The highest BCUT2D eigenvalue weighted by atomic mass is 35.5. The highest BCUT2D eigenvalue weighted by molar-refractivity contribution is 6.17. The van der Waals surface area contributed by atoms with Gasteiger partial charge in [-0.25, -0.2) is 0 Å². The third kappa shape index (κ3) is 2.68. The van der Waals surface area contributed by atoms with E-state index in [0.29, 0.717) is 5.75 Å². The van der Waals surface area contributed by atoms with Gasteiger partial charge in [-0.05, 0) is 36.8 Å². The van der Waals surface area contributed by atoms with Crippen molar-refractivity contribution in [3.05, 3.63) is 58.5 Å². The molecular weight excluding hydrogens is 238 g/mol. The smallest absolute Gasteiger partial charge is 0.255 e. The molecule has 0 spiro atoms. The summed E-state index contributed by atoms with van der Waals surface area (Å²) in [7, 11) is 0. The van der Waals surface area contributed by atoms with Gasteiger partial charge >= 0.3 is 0 Å². The number of aryl methyl sites for hydroxylation is 1. The van der Waals surface area contributed by atoms with Crippen molar-refractivity contribution in [2.75, 3.05) is 6.07 Å². The van der Waals surface area contributed by atoms with Gasteiger partial charge in [0.05, 0.1) is 0 Å². The van der Waals surface area contributed by atoms with Crippen LogP contribution >= 0.6 is 11.6 Å². The molecular formula is C13H12ClNO2. The predicted molar refractivity (Wildman–Crippen MR) is 68.1 cm³/mol. The van der Waals surface area contributed by atoms with Crippen molar-refractivity contribution in [1.82, 2.24) is 4.57 Å². The van der Waals surface area contributed by atoms with Crippen LogP contribution in [-0.2, 0) is 0 Å². The summed E-state index contributed by atoms with van der Waals surface area (Å²) in [5.74, 6) is 0.685. The number of hydrogen-bond donors (Lipinski definition) is 0. The first-order valence-corrected chi connectivity index (χ1v) is 5.72. The molecule has 0 aliphatic heterocycles. The first-order chi connectivity index (χ1) is 8.20. The highest BCUT2D eigenvalue weighted by Gasteiger charge is 2.00. The van der Waals surface area contributed by atoms with Gasteiger partial charge in [0.15, 0.2) is 6.07 Å². The van der Waals surface area contributed by atoms with Crippen molar-refractivity contribution < 1.29 is 4.74 Å². The average molecular weight is 250 g/mol. The first kappa shape index (κ1) is 11.7. The Hall–Kier alpha value is -1.74. The number of pyridine rings is 1. The molecule has 0 N–H and O–H groups in total. The van der Waals surface area contributed by atoms with E-state index in [9.17, 15) is 4.79 Å². The van der Waals surface area contributed by atoms with Gasteiger partial charge in [0.2, 0.25) is 0 Å². The molecule has 1 heterocycles. The molecule has 0 atom stereocenters. The number of benzene rings is 1. The van der Waals surface area contributed by atoms with E-state index in [1.165, 1.54) is 0 Å². The van der Waals surface area contributed by atoms with Crippen molar-refractivity contribution >= 4 is 11.6 Å². The van der Waals surface area contributed by atoms with Crippen molar-refractivity contribution in [2.45, 2.75) is 6.92 Å². The van der Waals surface area contributed by atoms with Crippen LogP contribution < -0.4 is 10.3 Å². The minimum absolute atomic E-state index is 0.0541. The molecule has 1 aromatic carbocycles. The Morgan fingerprint density at radius 3 is 2.53 bits per heavy atom. The van der Waals surface area contributed by atoms with Gasteiger partial charge in [-0.3, -0.25) is 9.36 Å². The van der Waals surface area contributed by atoms with Crippen LogP contribution in [0.15, 0.2) is 47.4 Å². The Kier molecular flexibility index (Phi) is 3.49. The van der Waals surface area contributed by atoms with E-state index >= 15 is 0 Å². The van der Waals surface area contributed by atoms with E-state index in [4.69, 9.17) is 16.3 Å². The fourth-order valence-corrected chi connectivity index (χ4v) is 1.69. The van der Waals surface area contributed by atoms with Crippen LogP contribution in [0.5, 0.6) is 5.75 Å². The molecule has 4 heteroatoms. The van der Waals surface area contributed by atoms with Crippen LogP contribution in [0.25, 0.3) is 5.69 Å². The van der Waals surface area contributed by atoms with Gasteiger partial charge < -0.3 is 4.74 Å². The van der Waals surface area contributed by atoms with Crippen molar-refractivity contribution in [2.24, 2.45) is 0 Å². The lowest BCUT2D eigenvalue weighted by Crippen LogP contribution is -2.16. The monoisotopic (exact) mass is 249 g/mol. The molecule has 0 amide bonds. The number of halogens is 1. The summed E-state index contributed by atoms with van der Waals surface area (Å²) >= 11 is 5.46. The summed E-state index contributed by atoms with van der Waals surface area (Å²) in [6, 6.07) is 10.7. The van der Waals surface area contributed by atoms with Crippen LogP contribution in [0.3, 0.4) is 0 Å². The fraction of sp³-hybridized carbons (Fsp3) is 0.154. The largest absolute Gasteiger partial charge is 0.478 e. The van der Waals surface area contributed by atoms with Crippen LogP contribution in [-0.4, -0.2) is 10.6 Å². The third-order valence-electron chi connectivity index (χ3n) is 2.40. The summed E-state index contributed by atoms with van der Waals surface area (Å²) in [6.07, 6.45) is 1.81. The van der Waals surface area contributed by atoms with Gasteiger partial charge in [0.25, 0.3) is 5.56 Å². The van der Waals surface area contributed by atoms with Gasteiger partial charge in [0, 0.05) is 18.0 Å². The maximum absolute atomic E-state index is 11.7. The summed E-state index contributed by atoms with van der Waals surface area (Å²) in [4.78, 5) is 11.7. The second-order valence-corrected chi connectivity index (χ2v) is 3.88. The molecule has 0 radical (unpaired) electrons. The quantitative estimate of drug-likeness (QED) is 0.784. The Bertz CT molecular complexity index is 560. The number of rotatable bonds is 3.